The van der Waals surface area contributed by atoms with Crippen molar-refractivity contribution in [1.29, 1.82) is 0 Å². The molecule has 0 aliphatic heterocycles. The van der Waals surface area contributed by atoms with Crippen molar-refractivity contribution in [3.8, 4) is 11.6 Å². The molecular formula is C13H10N4O3. The Bertz CT molecular complexity index is 797. The number of nitrogens with zero attached hydrogens (tertiary/aromatic N) is 4. The smallest absolute Gasteiger partial charge is 0.358 e. The largest absolute Gasteiger partial charge is 0.476 e. The second kappa shape index (κ2) is 4.61. The number of hydrogen-bond donors (Lipinski definition) is 1. The summed E-state index contributed by atoms with van der Waals surface area (Å²) < 4.78 is 7.13. The van der Waals surface area contributed by atoms with Gasteiger partial charge in [-0.3, -0.25) is 0 Å². The molecule has 0 unspecified atom stereocenters. The first-order valence-electron chi connectivity index (χ1n) is 5.82. The summed E-state index contributed by atoms with van der Waals surface area (Å²) in [5.41, 5.74) is 1.41. The van der Waals surface area contributed by atoms with Gasteiger partial charge in [-0.15, -0.1) is 0 Å². The second-order valence-electron chi connectivity index (χ2n) is 4.16. The normalized spacial score (nSPS) is 10.7. The van der Waals surface area contributed by atoms with Crippen LogP contribution in [0.25, 0.3) is 5.65 Å². The Labute approximate surface area is 113 Å². The van der Waals surface area contributed by atoms with E-state index in [1.807, 2.05) is 13.0 Å². The van der Waals surface area contributed by atoms with E-state index < -0.39 is 5.97 Å². The van der Waals surface area contributed by atoms with E-state index in [2.05, 4.69) is 15.1 Å². The van der Waals surface area contributed by atoms with Gasteiger partial charge in [0.05, 0.1) is 0 Å². The number of carboxylic acids is 1. The maximum Gasteiger partial charge on any atom is 0.358 e. The molecule has 0 atom stereocenters. The monoisotopic (exact) mass is 270 g/mol. The van der Waals surface area contributed by atoms with Crippen molar-refractivity contribution in [3.05, 3.63) is 48.0 Å². The topological polar surface area (TPSA) is 89.6 Å². The van der Waals surface area contributed by atoms with Crippen LogP contribution in [0.5, 0.6) is 11.6 Å². The van der Waals surface area contributed by atoms with E-state index in [1.54, 1.807) is 18.2 Å². The number of hydrogen-bond acceptors (Lipinski definition) is 5. The summed E-state index contributed by atoms with van der Waals surface area (Å²) in [6.07, 6.45) is 2.81. The zero-order valence-corrected chi connectivity index (χ0v) is 10.5. The maximum absolute atomic E-state index is 11.1. The summed E-state index contributed by atoms with van der Waals surface area (Å²) in [6, 6.07) is 6.75. The summed E-state index contributed by atoms with van der Waals surface area (Å²) in [7, 11) is 0. The number of aromatic nitrogens is 4. The highest BCUT2D eigenvalue weighted by molar-refractivity contribution is 5.88. The van der Waals surface area contributed by atoms with Crippen molar-refractivity contribution in [1.82, 2.24) is 19.6 Å². The van der Waals surface area contributed by atoms with Crippen molar-refractivity contribution in [3.63, 3.8) is 0 Å². The molecule has 100 valence electrons. The van der Waals surface area contributed by atoms with Crippen LogP contribution >= 0.6 is 0 Å². The molecule has 0 aromatic carbocycles. The lowest BCUT2D eigenvalue weighted by Crippen LogP contribution is -2.04. The fourth-order valence-corrected chi connectivity index (χ4v) is 1.84. The van der Waals surface area contributed by atoms with E-state index in [-0.39, 0.29) is 11.4 Å². The van der Waals surface area contributed by atoms with E-state index >= 15 is 0 Å². The van der Waals surface area contributed by atoms with Gasteiger partial charge in [0.1, 0.15) is 6.33 Å². The molecular weight excluding hydrogens is 260 g/mol. The molecule has 3 aromatic heterocycles. The van der Waals surface area contributed by atoms with Gasteiger partial charge in [0.15, 0.2) is 17.1 Å². The molecule has 7 nitrogen and oxygen atoms in total. The molecule has 0 saturated carbocycles. The van der Waals surface area contributed by atoms with E-state index in [1.165, 1.54) is 17.0 Å². The van der Waals surface area contributed by atoms with Crippen LogP contribution in [0.3, 0.4) is 0 Å². The number of aromatic carboxylic acids is 1. The van der Waals surface area contributed by atoms with Crippen LogP contribution in [0.15, 0.2) is 36.8 Å². The molecule has 0 amide bonds. The summed E-state index contributed by atoms with van der Waals surface area (Å²) in [5.74, 6) is -0.613. The molecule has 0 aliphatic rings. The standard InChI is InChI=1S/C13H10N4O3/c1-8-5-10-15-7-16-17(10)11(6-8)20-9-3-2-4-14-12(9)13(18)19/h2-7H,1H3,(H,18,19). The molecule has 0 saturated heterocycles. The van der Waals surface area contributed by atoms with Crippen LogP contribution in [-0.4, -0.2) is 30.7 Å². The van der Waals surface area contributed by atoms with Gasteiger partial charge in [-0.2, -0.15) is 9.61 Å². The maximum atomic E-state index is 11.1. The number of ether oxygens (including phenoxy) is 1. The third kappa shape index (κ3) is 2.05. The number of aryl methyl sites for hydroxylation is 1. The molecule has 0 aliphatic carbocycles. The van der Waals surface area contributed by atoms with Crippen LogP contribution in [0.1, 0.15) is 16.1 Å². The molecule has 7 heteroatoms. The van der Waals surface area contributed by atoms with Gasteiger partial charge in [-0.1, -0.05) is 0 Å². The van der Waals surface area contributed by atoms with Crippen molar-refractivity contribution >= 4 is 11.6 Å². The van der Waals surface area contributed by atoms with Crippen LogP contribution in [0.4, 0.5) is 0 Å². The molecule has 0 radical (unpaired) electrons. The molecule has 3 rings (SSSR count). The van der Waals surface area contributed by atoms with E-state index in [0.717, 1.165) is 5.56 Å². The summed E-state index contributed by atoms with van der Waals surface area (Å²) in [6.45, 7) is 1.89. The average Bonchev–Trinajstić information content (AvgIpc) is 2.87. The Balaban J connectivity index is 2.10. The Morgan fingerprint density at radius 1 is 1.35 bits per heavy atom. The summed E-state index contributed by atoms with van der Waals surface area (Å²) >= 11 is 0. The highest BCUT2D eigenvalue weighted by Crippen LogP contribution is 2.25. The predicted octanol–water partition coefficient (Wildman–Crippen LogP) is 1.92. The molecule has 3 aromatic rings. The van der Waals surface area contributed by atoms with Crippen LogP contribution in [0.2, 0.25) is 0 Å². The van der Waals surface area contributed by atoms with E-state index in [4.69, 9.17) is 9.84 Å². The molecule has 3 heterocycles. The van der Waals surface area contributed by atoms with Gasteiger partial charge in [-0.25, -0.2) is 14.8 Å². The predicted molar refractivity (Wildman–Crippen MR) is 69.0 cm³/mol. The quantitative estimate of drug-likeness (QED) is 0.782. The number of carbonyl (C=O) groups is 1. The minimum absolute atomic E-state index is 0.151. The van der Waals surface area contributed by atoms with Crippen molar-refractivity contribution in [2.24, 2.45) is 0 Å². The fourth-order valence-electron chi connectivity index (χ4n) is 1.84. The van der Waals surface area contributed by atoms with E-state index in [0.29, 0.717) is 11.5 Å². The highest BCUT2D eigenvalue weighted by atomic mass is 16.5. The van der Waals surface area contributed by atoms with Crippen molar-refractivity contribution < 1.29 is 14.6 Å². The molecule has 0 fully saturated rings. The first-order chi connectivity index (χ1) is 9.65. The Kier molecular flexibility index (Phi) is 2.79. The van der Waals surface area contributed by atoms with Gasteiger partial charge >= 0.3 is 5.97 Å². The SMILES string of the molecule is Cc1cc(Oc2cccnc2C(=O)O)n2ncnc2c1. The van der Waals surface area contributed by atoms with Gasteiger partial charge in [0.25, 0.3) is 0 Å². The highest BCUT2D eigenvalue weighted by Gasteiger charge is 2.15. The van der Waals surface area contributed by atoms with Crippen LogP contribution in [-0.2, 0) is 0 Å². The third-order valence-electron chi connectivity index (χ3n) is 2.68. The zero-order chi connectivity index (χ0) is 14.1. The van der Waals surface area contributed by atoms with Gasteiger partial charge in [0.2, 0.25) is 5.88 Å². The Hall–Kier alpha value is -2.96. The minimum Gasteiger partial charge on any atom is -0.476 e. The number of pyridine rings is 2. The fraction of sp³-hybridized carbons (Fsp3) is 0.0769. The molecule has 0 spiro atoms. The van der Waals surface area contributed by atoms with Crippen molar-refractivity contribution in [2.75, 3.05) is 0 Å². The lowest BCUT2D eigenvalue weighted by atomic mass is 10.3. The number of rotatable bonds is 3. The average molecular weight is 270 g/mol. The van der Waals surface area contributed by atoms with Crippen molar-refractivity contribution in [2.45, 2.75) is 6.92 Å². The van der Waals surface area contributed by atoms with Gasteiger partial charge < -0.3 is 9.84 Å². The summed E-state index contributed by atoms with van der Waals surface area (Å²) in [4.78, 5) is 19.0. The van der Waals surface area contributed by atoms with E-state index in [9.17, 15) is 4.79 Å². The Morgan fingerprint density at radius 2 is 2.20 bits per heavy atom. The minimum atomic E-state index is -1.15. The van der Waals surface area contributed by atoms with Crippen LogP contribution in [0, 0.1) is 6.92 Å². The Morgan fingerprint density at radius 3 is 3.00 bits per heavy atom. The van der Waals surface area contributed by atoms with Gasteiger partial charge in [-0.05, 0) is 30.7 Å². The third-order valence-corrected chi connectivity index (χ3v) is 2.68. The second-order valence-corrected chi connectivity index (χ2v) is 4.16. The van der Waals surface area contributed by atoms with Gasteiger partial charge in [0, 0.05) is 12.3 Å². The first-order valence-corrected chi connectivity index (χ1v) is 5.82. The number of fused-ring (bicyclic) bond motifs is 1. The lowest BCUT2D eigenvalue weighted by molar-refractivity contribution is 0.0687. The lowest BCUT2D eigenvalue weighted by Gasteiger charge is -2.09. The molecule has 0 bridgehead atoms. The molecule has 20 heavy (non-hydrogen) atoms. The number of carboxylic acid groups (broad SMARTS) is 1. The van der Waals surface area contributed by atoms with Crippen LogP contribution < -0.4 is 4.74 Å². The first kappa shape index (κ1) is 12.1. The zero-order valence-electron chi connectivity index (χ0n) is 10.5. The summed E-state index contributed by atoms with van der Waals surface area (Å²) in [5, 5.41) is 13.1. The molecule has 1 N–H and O–H groups in total.